The van der Waals surface area contributed by atoms with Gasteiger partial charge in [0.25, 0.3) is 0 Å². The Morgan fingerprint density at radius 1 is 1.39 bits per heavy atom. The summed E-state index contributed by atoms with van der Waals surface area (Å²) in [7, 11) is 0. The second-order valence-corrected chi connectivity index (χ2v) is 5.88. The Labute approximate surface area is 132 Å². The van der Waals surface area contributed by atoms with E-state index in [2.05, 4.69) is 20.6 Å². The van der Waals surface area contributed by atoms with E-state index < -0.39 is 0 Å². The number of nitrogen functional groups attached to an aromatic ring is 1. The number of piperidine rings is 1. The molecule has 0 amide bonds. The molecular weight excluding hydrogens is 294 g/mol. The van der Waals surface area contributed by atoms with Crippen molar-refractivity contribution in [2.45, 2.75) is 24.8 Å². The molecule has 0 unspecified atom stereocenters. The van der Waals surface area contributed by atoms with Gasteiger partial charge in [-0.2, -0.15) is 14.7 Å². The van der Waals surface area contributed by atoms with Crippen LogP contribution in [0.1, 0.15) is 24.5 Å². The highest BCUT2D eigenvalue weighted by Gasteiger charge is 2.28. The van der Waals surface area contributed by atoms with Crippen molar-refractivity contribution in [2.24, 2.45) is 0 Å². The van der Waals surface area contributed by atoms with Crippen molar-refractivity contribution in [3.63, 3.8) is 0 Å². The number of H-pyrrole nitrogens is 1. The first-order valence-corrected chi connectivity index (χ1v) is 7.75. The SMILES string of the molecule is Nc1cc([C@H]2CCCN[C@H]2CO)nc2c(-c3cn[nH]c3)cnn12. The molecular formula is C15H19N7O. The summed E-state index contributed by atoms with van der Waals surface area (Å²) >= 11 is 0. The Morgan fingerprint density at radius 3 is 3.09 bits per heavy atom. The minimum Gasteiger partial charge on any atom is -0.395 e. The van der Waals surface area contributed by atoms with E-state index in [1.807, 2.05) is 6.07 Å². The molecule has 1 aliphatic heterocycles. The summed E-state index contributed by atoms with van der Waals surface area (Å²) in [4.78, 5) is 4.80. The van der Waals surface area contributed by atoms with Crippen molar-refractivity contribution in [3.05, 3.63) is 30.4 Å². The number of fused-ring (bicyclic) bond motifs is 1. The van der Waals surface area contributed by atoms with Crippen LogP contribution < -0.4 is 11.1 Å². The summed E-state index contributed by atoms with van der Waals surface area (Å²) in [5.74, 6) is 0.690. The standard InChI is InChI=1S/C15H19N7O/c16-14-4-12(10-2-1-3-17-13(10)8-23)21-15-11(7-20-22(14)15)9-5-18-19-6-9/h4-7,10,13,17,23H,1-3,8,16H2,(H,18,19)/t10-,13+/m1/s1. The summed E-state index contributed by atoms with van der Waals surface area (Å²) in [6.07, 6.45) is 7.33. The number of rotatable bonds is 3. The lowest BCUT2D eigenvalue weighted by Gasteiger charge is -2.31. The van der Waals surface area contributed by atoms with Gasteiger partial charge in [0, 0.05) is 35.3 Å². The maximum atomic E-state index is 9.62. The lowest BCUT2D eigenvalue weighted by molar-refractivity contribution is 0.200. The summed E-state index contributed by atoms with van der Waals surface area (Å²) in [6, 6.07) is 1.87. The van der Waals surface area contributed by atoms with E-state index in [4.69, 9.17) is 10.7 Å². The number of hydrogen-bond donors (Lipinski definition) is 4. The van der Waals surface area contributed by atoms with Gasteiger partial charge in [-0.15, -0.1) is 0 Å². The molecule has 8 heteroatoms. The second kappa shape index (κ2) is 5.64. The van der Waals surface area contributed by atoms with Gasteiger partial charge in [-0.05, 0) is 19.4 Å². The third-order valence-electron chi connectivity index (χ3n) is 4.49. The van der Waals surface area contributed by atoms with Crippen molar-refractivity contribution < 1.29 is 5.11 Å². The Hall–Kier alpha value is -2.45. The Morgan fingerprint density at radius 2 is 2.30 bits per heavy atom. The van der Waals surface area contributed by atoms with E-state index in [-0.39, 0.29) is 18.6 Å². The largest absolute Gasteiger partial charge is 0.395 e. The summed E-state index contributed by atoms with van der Waals surface area (Å²) in [5.41, 5.74) is 9.58. The van der Waals surface area contributed by atoms with E-state index in [0.29, 0.717) is 11.5 Å². The number of aromatic nitrogens is 5. The molecule has 4 rings (SSSR count). The molecule has 5 N–H and O–H groups in total. The number of aliphatic hydroxyl groups is 1. The van der Waals surface area contributed by atoms with Crippen molar-refractivity contribution in [3.8, 4) is 11.1 Å². The van der Waals surface area contributed by atoms with Gasteiger partial charge in [-0.1, -0.05) is 0 Å². The van der Waals surface area contributed by atoms with Gasteiger partial charge in [0.15, 0.2) is 5.65 Å². The highest BCUT2D eigenvalue weighted by molar-refractivity contribution is 5.77. The van der Waals surface area contributed by atoms with Crippen LogP contribution >= 0.6 is 0 Å². The van der Waals surface area contributed by atoms with Gasteiger partial charge >= 0.3 is 0 Å². The highest BCUT2D eigenvalue weighted by Crippen LogP contribution is 2.30. The normalized spacial score (nSPS) is 21.8. The van der Waals surface area contributed by atoms with Crippen LogP contribution in [0, 0.1) is 0 Å². The summed E-state index contributed by atoms with van der Waals surface area (Å²) in [5, 5.41) is 24.1. The number of aromatic amines is 1. The minimum atomic E-state index is 0.0124. The Kier molecular flexibility index (Phi) is 3.47. The zero-order valence-electron chi connectivity index (χ0n) is 12.6. The highest BCUT2D eigenvalue weighted by atomic mass is 16.3. The third-order valence-corrected chi connectivity index (χ3v) is 4.49. The summed E-state index contributed by atoms with van der Waals surface area (Å²) in [6.45, 7) is 1.01. The monoisotopic (exact) mass is 313 g/mol. The van der Waals surface area contributed by atoms with Crippen LogP contribution in [-0.2, 0) is 0 Å². The quantitative estimate of drug-likeness (QED) is 0.560. The molecule has 4 heterocycles. The molecule has 120 valence electrons. The van der Waals surface area contributed by atoms with Gasteiger partial charge < -0.3 is 16.2 Å². The molecule has 0 bridgehead atoms. The van der Waals surface area contributed by atoms with Gasteiger partial charge in [-0.3, -0.25) is 5.10 Å². The van der Waals surface area contributed by atoms with E-state index in [1.54, 1.807) is 23.1 Å². The zero-order valence-corrected chi connectivity index (χ0v) is 12.6. The number of aliphatic hydroxyl groups excluding tert-OH is 1. The van der Waals surface area contributed by atoms with Crippen LogP contribution in [0.2, 0.25) is 0 Å². The fraction of sp³-hybridized carbons (Fsp3) is 0.400. The van der Waals surface area contributed by atoms with E-state index in [0.717, 1.165) is 36.2 Å². The summed E-state index contributed by atoms with van der Waals surface area (Å²) < 4.78 is 1.63. The van der Waals surface area contributed by atoms with Gasteiger partial charge in [0.2, 0.25) is 0 Å². The molecule has 0 aliphatic carbocycles. The molecule has 23 heavy (non-hydrogen) atoms. The average Bonchev–Trinajstić information content (AvgIpc) is 3.23. The number of nitrogens with one attached hydrogen (secondary N) is 2. The topological polar surface area (TPSA) is 117 Å². The third kappa shape index (κ3) is 2.36. The second-order valence-electron chi connectivity index (χ2n) is 5.88. The van der Waals surface area contributed by atoms with Crippen LogP contribution in [-0.4, -0.2) is 49.1 Å². The van der Waals surface area contributed by atoms with Crippen molar-refractivity contribution >= 4 is 11.5 Å². The fourth-order valence-corrected chi connectivity index (χ4v) is 3.30. The maximum Gasteiger partial charge on any atom is 0.165 e. The van der Waals surface area contributed by atoms with Gasteiger partial charge in [-0.25, -0.2) is 4.98 Å². The first-order valence-electron chi connectivity index (χ1n) is 7.75. The average molecular weight is 313 g/mol. The van der Waals surface area contributed by atoms with Crippen LogP contribution in [0.3, 0.4) is 0 Å². The number of hydrogen-bond acceptors (Lipinski definition) is 6. The number of nitrogens with two attached hydrogens (primary N) is 1. The van der Waals surface area contributed by atoms with Gasteiger partial charge in [0.05, 0.1) is 24.7 Å². The molecule has 1 saturated heterocycles. The van der Waals surface area contributed by atoms with Crippen LogP contribution in [0.5, 0.6) is 0 Å². The molecule has 2 atom stereocenters. The number of nitrogens with zero attached hydrogens (tertiary/aromatic N) is 4. The van der Waals surface area contributed by atoms with Crippen LogP contribution in [0.25, 0.3) is 16.8 Å². The van der Waals surface area contributed by atoms with Crippen molar-refractivity contribution in [1.82, 2.24) is 30.1 Å². The van der Waals surface area contributed by atoms with Crippen LogP contribution in [0.4, 0.5) is 5.82 Å². The first-order chi connectivity index (χ1) is 11.3. The fourth-order valence-electron chi connectivity index (χ4n) is 3.30. The maximum absolute atomic E-state index is 9.62. The van der Waals surface area contributed by atoms with E-state index >= 15 is 0 Å². The molecule has 0 aromatic carbocycles. The predicted octanol–water partition coefficient (Wildman–Crippen LogP) is 0.529. The van der Waals surface area contributed by atoms with Gasteiger partial charge in [0.1, 0.15) is 5.82 Å². The molecule has 3 aromatic heterocycles. The van der Waals surface area contributed by atoms with Crippen molar-refractivity contribution in [2.75, 3.05) is 18.9 Å². The lowest BCUT2D eigenvalue weighted by Crippen LogP contribution is -2.42. The first kappa shape index (κ1) is 14.2. The van der Waals surface area contributed by atoms with E-state index in [9.17, 15) is 5.11 Å². The molecule has 0 spiro atoms. The molecule has 0 radical (unpaired) electrons. The molecule has 3 aromatic rings. The molecule has 1 fully saturated rings. The smallest absolute Gasteiger partial charge is 0.165 e. The number of anilines is 1. The predicted molar refractivity (Wildman–Crippen MR) is 85.8 cm³/mol. The van der Waals surface area contributed by atoms with E-state index in [1.165, 1.54) is 0 Å². The molecule has 1 aliphatic rings. The Bertz CT molecular complexity index is 811. The molecule has 0 saturated carbocycles. The minimum absolute atomic E-state index is 0.0124. The zero-order chi connectivity index (χ0) is 15.8. The molecule has 8 nitrogen and oxygen atoms in total. The van der Waals surface area contributed by atoms with Crippen LogP contribution in [0.15, 0.2) is 24.7 Å². The lowest BCUT2D eigenvalue weighted by atomic mass is 9.88. The van der Waals surface area contributed by atoms with Crippen molar-refractivity contribution in [1.29, 1.82) is 0 Å². The Balaban J connectivity index is 1.83.